The molecule has 1 saturated carbocycles. The highest BCUT2D eigenvalue weighted by molar-refractivity contribution is 7.52. The molecule has 0 radical (unpaired) electrons. The molecule has 16 heteroatoms. The van der Waals surface area contributed by atoms with Crippen molar-refractivity contribution in [1.29, 1.82) is 0 Å². The zero-order valence-electron chi connectivity index (χ0n) is 25.8. The normalized spacial score (nSPS) is 25.4. The van der Waals surface area contributed by atoms with Crippen LogP contribution in [0.25, 0.3) is 21.9 Å². The predicted molar refractivity (Wildman–Crippen MR) is 167 cm³/mol. The Morgan fingerprint density at radius 3 is 2.64 bits per heavy atom. The van der Waals surface area contributed by atoms with Gasteiger partial charge in [-0.05, 0) is 51.0 Å². The van der Waals surface area contributed by atoms with Crippen LogP contribution in [-0.4, -0.2) is 68.2 Å². The Labute approximate surface area is 269 Å². The molecule has 2 aromatic heterocycles. The Morgan fingerprint density at radius 2 is 1.81 bits per heavy atom. The third kappa shape index (κ3) is 6.23. The van der Waals surface area contributed by atoms with Gasteiger partial charge in [0, 0.05) is 5.39 Å². The molecule has 0 bridgehead atoms. The fourth-order valence-corrected chi connectivity index (χ4v) is 8.05. The summed E-state index contributed by atoms with van der Waals surface area (Å²) >= 11 is 0. The van der Waals surface area contributed by atoms with Gasteiger partial charge in [0.25, 0.3) is 0 Å². The lowest BCUT2D eigenvalue weighted by atomic mass is 9.98. The van der Waals surface area contributed by atoms with Crippen molar-refractivity contribution in [1.82, 2.24) is 24.6 Å². The van der Waals surface area contributed by atoms with Crippen LogP contribution in [0.4, 0.5) is 10.6 Å². The summed E-state index contributed by atoms with van der Waals surface area (Å²) in [5, 5.41) is 4.33. The predicted octanol–water partition coefficient (Wildman–Crippen LogP) is 4.81. The molecule has 7 unspecified atom stereocenters. The van der Waals surface area contributed by atoms with Crippen molar-refractivity contribution < 1.29 is 42.1 Å². The number of carbonyl (C=O) groups excluding carboxylic acids is 2. The van der Waals surface area contributed by atoms with Crippen molar-refractivity contribution in [2.75, 3.05) is 5.73 Å². The highest BCUT2D eigenvalue weighted by Crippen LogP contribution is 2.50. The number of carbonyl (C=O) groups is 2. The fraction of sp³-hybridized carbons (Fsp3) is 0.452. The Kier molecular flexibility index (Phi) is 8.47. The van der Waals surface area contributed by atoms with E-state index < -0.39 is 56.6 Å². The van der Waals surface area contributed by atoms with Gasteiger partial charge in [-0.15, -0.1) is 0 Å². The molecule has 3 N–H and O–H groups in total. The smallest absolute Gasteiger partial charge is 0.461 e. The zero-order chi connectivity index (χ0) is 32.7. The van der Waals surface area contributed by atoms with Crippen LogP contribution < -0.4 is 15.3 Å². The van der Waals surface area contributed by atoms with Crippen molar-refractivity contribution in [3.8, 4) is 5.75 Å². The first-order valence-corrected chi connectivity index (χ1v) is 17.1. The van der Waals surface area contributed by atoms with E-state index in [0.29, 0.717) is 16.6 Å². The van der Waals surface area contributed by atoms with Gasteiger partial charge in [0.1, 0.15) is 35.8 Å². The van der Waals surface area contributed by atoms with E-state index in [9.17, 15) is 14.2 Å². The van der Waals surface area contributed by atoms with E-state index in [1.54, 1.807) is 30.5 Å². The van der Waals surface area contributed by atoms with Gasteiger partial charge in [0.15, 0.2) is 29.9 Å². The minimum absolute atomic E-state index is 0.171. The van der Waals surface area contributed by atoms with Crippen LogP contribution in [-0.2, 0) is 32.8 Å². The van der Waals surface area contributed by atoms with Crippen molar-refractivity contribution in [2.24, 2.45) is 0 Å². The van der Waals surface area contributed by atoms with Crippen LogP contribution in [0.2, 0.25) is 0 Å². The number of nitrogens with zero attached hydrogens (tertiary/aromatic N) is 4. The zero-order valence-corrected chi connectivity index (χ0v) is 26.7. The standard InChI is InChI=1S/C31H35N6O9P/c1-17(30(38)41-20-11-4-3-5-12-20)36-47(40,46-22-14-8-10-19-9-6-7-13-21(19)22)45-18(2)24-25-26(44-31(39)43-25)29(42-24)37-16-35-23-27(32)33-15-34-28(23)37/h6-10,13-18,20,24-26,29H,3-5,11-12H2,1-2H3,(H,36,40)(H2,32,33,34). The maximum atomic E-state index is 14.7. The number of anilines is 1. The second-order valence-corrected chi connectivity index (χ2v) is 13.6. The lowest BCUT2D eigenvalue weighted by Crippen LogP contribution is -2.41. The van der Waals surface area contributed by atoms with Crippen LogP contribution in [0.3, 0.4) is 0 Å². The summed E-state index contributed by atoms with van der Waals surface area (Å²) in [5.74, 6) is -0.122. The molecule has 1 aliphatic carbocycles. The first kappa shape index (κ1) is 31.3. The number of rotatable bonds is 10. The number of nitrogens with two attached hydrogens (primary N) is 1. The Hall–Kier alpha value is -4.30. The fourth-order valence-electron chi connectivity index (χ4n) is 6.33. The van der Waals surface area contributed by atoms with Gasteiger partial charge in [-0.1, -0.05) is 42.8 Å². The molecule has 0 spiro atoms. The number of aromatic nitrogens is 4. The van der Waals surface area contributed by atoms with E-state index in [2.05, 4.69) is 20.0 Å². The largest absolute Gasteiger partial charge is 0.509 e. The van der Waals surface area contributed by atoms with Crippen molar-refractivity contribution in [2.45, 2.75) is 88.7 Å². The molecular formula is C31H35N6O9P. The van der Waals surface area contributed by atoms with E-state index in [-0.39, 0.29) is 17.7 Å². The van der Waals surface area contributed by atoms with Crippen LogP contribution in [0.5, 0.6) is 5.75 Å². The number of esters is 1. The average molecular weight is 667 g/mol. The van der Waals surface area contributed by atoms with Gasteiger partial charge in [0.05, 0.1) is 12.4 Å². The first-order chi connectivity index (χ1) is 22.7. The number of ether oxygens (including phenoxy) is 4. The maximum absolute atomic E-state index is 14.7. The summed E-state index contributed by atoms with van der Waals surface area (Å²) in [5.41, 5.74) is 6.67. The number of benzene rings is 2. The minimum Gasteiger partial charge on any atom is -0.461 e. The third-order valence-electron chi connectivity index (χ3n) is 8.63. The summed E-state index contributed by atoms with van der Waals surface area (Å²) in [4.78, 5) is 38.0. The average Bonchev–Trinajstić information content (AvgIpc) is 3.75. The topological polar surface area (TPSA) is 188 Å². The minimum atomic E-state index is -4.36. The SMILES string of the molecule is CC(NP(=O)(Oc1cccc2ccccc12)OC(C)C1OC(n2cnc3c(N)ncnc32)C2OC(=O)OC12)C(=O)OC1CCCCC1. The quantitative estimate of drug-likeness (QED) is 0.173. The van der Waals surface area contributed by atoms with Gasteiger partial charge in [-0.2, -0.15) is 5.09 Å². The summed E-state index contributed by atoms with van der Waals surface area (Å²) in [6.07, 6.45) is 1.49. The molecule has 0 amide bonds. The van der Waals surface area contributed by atoms with Gasteiger partial charge < -0.3 is 29.2 Å². The van der Waals surface area contributed by atoms with Crippen molar-refractivity contribution in [3.05, 3.63) is 55.1 Å². The number of nitrogens with one attached hydrogen (secondary N) is 1. The Balaban J connectivity index is 1.16. The van der Waals surface area contributed by atoms with E-state index in [4.69, 9.17) is 33.7 Å². The molecular weight excluding hydrogens is 631 g/mol. The Morgan fingerprint density at radius 1 is 1.04 bits per heavy atom. The van der Waals surface area contributed by atoms with Gasteiger partial charge >= 0.3 is 19.9 Å². The maximum Gasteiger partial charge on any atom is 0.509 e. The van der Waals surface area contributed by atoms with Crippen LogP contribution in [0.15, 0.2) is 55.1 Å². The molecule has 2 aromatic carbocycles. The van der Waals surface area contributed by atoms with Crippen molar-refractivity contribution >= 4 is 47.6 Å². The Bertz CT molecular complexity index is 1840. The number of hydrogen-bond acceptors (Lipinski definition) is 13. The van der Waals surface area contributed by atoms with E-state index in [1.165, 1.54) is 12.7 Å². The van der Waals surface area contributed by atoms with Gasteiger partial charge in [0.2, 0.25) is 0 Å². The lowest BCUT2D eigenvalue weighted by molar-refractivity contribution is -0.152. The van der Waals surface area contributed by atoms with Gasteiger partial charge in [-0.3, -0.25) is 13.9 Å². The van der Waals surface area contributed by atoms with Crippen LogP contribution in [0.1, 0.15) is 52.2 Å². The number of hydrogen-bond donors (Lipinski definition) is 2. The molecule has 7 atom stereocenters. The molecule has 2 saturated heterocycles. The summed E-state index contributed by atoms with van der Waals surface area (Å²) in [6, 6.07) is 11.7. The summed E-state index contributed by atoms with van der Waals surface area (Å²) < 4.78 is 51.6. The third-order valence-corrected chi connectivity index (χ3v) is 10.4. The highest BCUT2D eigenvalue weighted by atomic mass is 31.2. The van der Waals surface area contributed by atoms with E-state index in [0.717, 1.165) is 37.5 Å². The lowest BCUT2D eigenvalue weighted by Gasteiger charge is -2.30. The number of imidazole rings is 1. The summed E-state index contributed by atoms with van der Waals surface area (Å²) in [6.45, 7) is 3.15. The highest BCUT2D eigenvalue weighted by Gasteiger charge is 2.58. The first-order valence-electron chi connectivity index (χ1n) is 15.6. The monoisotopic (exact) mass is 666 g/mol. The number of fused-ring (bicyclic) bond motifs is 3. The second-order valence-electron chi connectivity index (χ2n) is 11.9. The van der Waals surface area contributed by atoms with Crippen molar-refractivity contribution in [3.63, 3.8) is 0 Å². The summed E-state index contributed by atoms with van der Waals surface area (Å²) in [7, 11) is -4.36. The molecule has 4 heterocycles. The van der Waals surface area contributed by atoms with Crippen LogP contribution in [0, 0.1) is 0 Å². The molecule has 248 valence electrons. The molecule has 7 rings (SSSR count). The second kappa shape index (κ2) is 12.7. The van der Waals surface area contributed by atoms with E-state index in [1.807, 2.05) is 30.3 Å². The number of nitrogen functional groups attached to an aromatic ring is 1. The molecule has 2 aliphatic heterocycles. The van der Waals surface area contributed by atoms with Crippen LogP contribution >= 0.6 is 7.75 Å². The molecule has 15 nitrogen and oxygen atoms in total. The molecule has 47 heavy (non-hydrogen) atoms. The molecule has 3 aliphatic rings. The molecule has 3 fully saturated rings. The molecule has 4 aromatic rings. The van der Waals surface area contributed by atoms with E-state index >= 15 is 0 Å². The van der Waals surface area contributed by atoms with Gasteiger partial charge in [-0.25, -0.2) is 24.3 Å².